The molecule has 3 aromatic rings. The topological polar surface area (TPSA) is 207 Å². The third kappa shape index (κ3) is 8.08. The molecule has 2 aromatic carbocycles. The van der Waals surface area contributed by atoms with Crippen molar-refractivity contribution in [2.75, 3.05) is 87.7 Å². The highest BCUT2D eigenvalue weighted by Gasteiger charge is 2.41. The molecule has 0 radical (unpaired) electrons. The number of nitrogens with two attached hydrogens (primary N) is 1. The Kier molecular flexibility index (Phi) is 11.0. The normalized spacial score (nSPS) is 22.3. The van der Waals surface area contributed by atoms with Crippen LogP contribution in [0.15, 0.2) is 42.6 Å². The van der Waals surface area contributed by atoms with Gasteiger partial charge in [0.2, 0.25) is 11.8 Å². The first kappa shape index (κ1) is 40.3. The van der Waals surface area contributed by atoms with Crippen LogP contribution in [0.4, 0.5) is 27.8 Å². The van der Waals surface area contributed by atoms with Gasteiger partial charge in [-0.05, 0) is 67.1 Å². The Bertz CT molecular complexity index is 2260. The van der Waals surface area contributed by atoms with Crippen molar-refractivity contribution in [1.29, 1.82) is 0 Å². The maximum Gasteiger partial charge on any atom is 0.320 e. The van der Waals surface area contributed by atoms with Gasteiger partial charge in [0.1, 0.15) is 11.9 Å². The number of carbonyl (C=O) groups excluding carboxylic acids is 6. The maximum absolute atomic E-state index is 13.5. The summed E-state index contributed by atoms with van der Waals surface area (Å²) in [6, 6.07) is 10.9. The van der Waals surface area contributed by atoms with E-state index >= 15 is 0 Å². The molecule has 18 heteroatoms. The lowest BCUT2D eigenvalue weighted by Gasteiger charge is -2.44. The van der Waals surface area contributed by atoms with Crippen molar-refractivity contribution in [2.24, 2.45) is 11.7 Å². The van der Waals surface area contributed by atoms with Crippen LogP contribution in [-0.4, -0.2) is 156 Å². The molecule has 5 saturated heterocycles. The number of benzene rings is 2. The molecule has 9 rings (SSSR count). The summed E-state index contributed by atoms with van der Waals surface area (Å²) in [5.74, 6) is -0.642. The van der Waals surface area contributed by atoms with Crippen molar-refractivity contribution in [2.45, 2.75) is 56.8 Å². The Balaban J connectivity index is 0.802. The predicted molar refractivity (Wildman–Crippen MR) is 224 cm³/mol. The minimum Gasteiger partial charge on any atom is -0.377 e. The fourth-order valence-corrected chi connectivity index (χ4v) is 9.52. The van der Waals surface area contributed by atoms with Crippen molar-refractivity contribution >= 4 is 59.0 Å². The van der Waals surface area contributed by atoms with Crippen molar-refractivity contribution in [3.63, 3.8) is 0 Å². The van der Waals surface area contributed by atoms with Crippen molar-refractivity contribution < 1.29 is 33.5 Å². The Labute approximate surface area is 353 Å². The van der Waals surface area contributed by atoms with Gasteiger partial charge in [-0.3, -0.25) is 34.2 Å². The number of piperidine rings is 2. The van der Waals surface area contributed by atoms with Gasteiger partial charge in [-0.2, -0.15) is 0 Å². The molecule has 2 unspecified atom stereocenters. The monoisotopic (exact) mass is 833 g/mol. The molecule has 6 amide bonds. The molecule has 7 heterocycles. The lowest BCUT2D eigenvalue weighted by molar-refractivity contribution is -0.136. The molecule has 6 aliphatic heterocycles. The van der Waals surface area contributed by atoms with Gasteiger partial charge in [-0.1, -0.05) is 6.07 Å². The second kappa shape index (κ2) is 16.7. The zero-order valence-corrected chi connectivity index (χ0v) is 34.3. The van der Waals surface area contributed by atoms with Crippen LogP contribution in [0.3, 0.4) is 0 Å². The second-order valence-corrected chi connectivity index (χ2v) is 17.0. The Morgan fingerprint density at radius 2 is 1.75 bits per heavy atom. The molecule has 1 aromatic heterocycles. The van der Waals surface area contributed by atoms with Crippen LogP contribution < -0.4 is 26.2 Å². The van der Waals surface area contributed by atoms with Gasteiger partial charge in [-0.25, -0.2) is 14.8 Å². The number of aldehydes is 1. The molecule has 61 heavy (non-hydrogen) atoms. The summed E-state index contributed by atoms with van der Waals surface area (Å²) in [5.41, 5.74) is 10.4. The van der Waals surface area contributed by atoms with Crippen molar-refractivity contribution in [1.82, 2.24) is 34.9 Å². The minimum atomic E-state index is -0.783. The van der Waals surface area contributed by atoms with Crippen molar-refractivity contribution in [3.05, 3.63) is 70.5 Å². The van der Waals surface area contributed by atoms with E-state index in [0.717, 1.165) is 69.9 Å². The van der Waals surface area contributed by atoms with Crippen LogP contribution in [0.5, 0.6) is 0 Å². The largest absolute Gasteiger partial charge is 0.377 e. The van der Waals surface area contributed by atoms with E-state index in [2.05, 4.69) is 42.5 Å². The fraction of sp³-hybridized carbons (Fsp3) is 0.488. The lowest BCUT2D eigenvalue weighted by atomic mass is 9.94. The summed E-state index contributed by atoms with van der Waals surface area (Å²) in [6.07, 6.45) is 5.29. The van der Waals surface area contributed by atoms with Crippen LogP contribution in [0.2, 0.25) is 0 Å². The van der Waals surface area contributed by atoms with Gasteiger partial charge in [0.25, 0.3) is 11.8 Å². The fourth-order valence-electron chi connectivity index (χ4n) is 9.52. The van der Waals surface area contributed by atoms with E-state index in [0.29, 0.717) is 56.7 Å². The molecular weight excluding hydrogens is 783 g/mol. The third-order valence-electron chi connectivity index (χ3n) is 13.1. The van der Waals surface area contributed by atoms with Gasteiger partial charge in [0.05, 0.1) is 37.1 Å². The number of imide groups is 1. The summed E-state index contributed by atoms with van der Waals surface area (Å²) in [7, 11) is 1.52. The van der Waals surface area contributed by atoms with Crippen LogP contribution in [0.1, 0.15) is 68.0 Å². The molecular formula is C43H51N11O7. The number of anilines is 4. The number of rotatable bonds is 12. The number of primary amides is 1. The van der Waals surface area contributed by atoms with E-state index in [4.69, 9.17) is 15.5 Å². The van der Waals surface area contributed by atoms with Gasteiger partial charge >= 0.3 is 6.03 Å². The van der Waals surface area contributed by atoms with Crippen LogP contribution >= 0.6 is 0 Å². The Morgan fingerprint density at radius 3 is 2.49 bits per heavy atom. The molecule has 6 aliphatic rings. The van der Waals surface area contributed by atoms with E-state index < -0.39 is 23.8 Å². The molecule has 0 aliphatic carbocycles. The molecule has 320 valence electrons. The summed E-state index contributed by atoms with van der Waals surface area (Å²) < 4.78 is 5.32. The summed E-state index contributed by atoms with van der Waals surface area (Å²) in [4.78, 5) is 96.5. The van der Waals surface area contributed by atoms with Gasteiger partial charge in [0, 0.05) is 95.2 Å². The number of amides is 6. The summed E-state index contributed by atoms with van der Waals surface area (Å²) in [6.45, 7) is 8.20. The zero-order valence-electron chi connectivity index (χ0n) is 34.3. The minimum absolute atomic E-state index is 0.0546. The number of likely N-dealkylation sites (N-methyl/N-ethyl adjacent to an activating group) is 1. The van der Waals surface area contributed by atoms with E-state index in [1.54, 1.807) is 18.3 Å². The average molecular weight is 834 g/mol. The average Bonchev–Trinajstić information content (AvgIpc) is 3.60. The molecule has 2 atom stereocenters. The van der Waals surface area contributed by atoms with E-state index in [-0.39, 0.29) is 53.7 Å². The highest BCUT2D eigenvalue weighted by molar-refractivity contribution is 6.06. The number of nitrogens with zero attached hydrogens (tertiary/aromatic N) is 8. The van der Waals surface area contributed by atoms with Gasteiger partial charge < -0.3 is 40.3 Å². The number of carbonyl (C=O) groups is 6. The second-order valence-electron chi connectivity index (χ2n) is 17.0. The number of urea groups is 1. The van der Waals surface area contributed by atoms with Crippen LogP contribution in [0.25, 0.3) is 0 Å². The number of hydrogen-bond acceptors (Lipinski definition) is 13. The SMILES string of the molecule is CN(C(=O)c1cc(N2CC(CN3CCc4cc(Nc5nc(N6CCCC(N7CCN(C8COC8)C7=O)C6)cnc5C(N)=O)ccc4C3)C2)ccc1C=O)C1CCC(=O)NC1=O. The number of hydrogen-bond donors (Lipinski definition) is 3. The molecule has 0 bridgehead atoms. The maximum atomic E-state index is 13.5. The van der Waals surface area contributed by atoms with Gasteiger partial charge in [0.15, 0.2) is 17.8 Å². The molecule has 18 nitrogen and oxygen atoms in total. The quantitative estimate of drug-likeness (QED) is 0.175. The number of aromatic nitrogens is 2. The van der Waals surface area contributed by atoms with Crippen LogP contribution in [-0.2, 0) is 27.3 Å². The smallest absolute Gasteiger partial charge is 0.320 e. The first-order chi connectivity index (χ1) is 29.5. The van der Waals surface area contributed by atoms with Crippen LogP contribution in [0, 0.1) is 5.92 Å². The predicted octanol–water partition coefficient (Wildman–Crippen LogP) is 1.61. The highest BCUT2D eigenvalue weighted by atomic mass is 16.5. The molecule has 4 N–H and O–H groups in total. The first-order valence-corrected chi connectivity index (χ1v) is 21.2. The zero-order chi connectivity index (χ0) is 42.4. The standard InChI is InChI=1S/C43H51N11O7/c1-49(35-8-9-37(56)48-41(35)58)42(59)34-16-31(7-5-29(34)23-55)52-19-26(20-52)18-50-12-10-27-15-30(6-4-28(27)21-50)46-40-38(39(44)57)45-17-36(47-40)51-11-2-3-32(22-51)53-13-14-54(43(53)60)33-24-61-25-33/h4-7,15-17,23,26,32-33,35H,2-3,8-14,18-22,24-25H2,1H3,(H2,44,57)(H,46,47)(H,48,56,58). The number of ether oxygens (including phenoxy) is 1. The third-order valence-corrected chi connectivity index (χ3v) is 13.1. The number of fused-ring (bicyclic) bond motifs is 1. The Hall–Kier alpha value is -6.14. The molecule has 0 saturated carbocycles. The molecule has 5 fully saturated rings. The van der Waals surface area contributed by atoms with E-state index in [1.165, 1.54) is 23.1 Å². The Morgan fingerprint density at radius 1 is 0.951 bits per heavy atom. The van der Waals surface area contributed by atoms with Gasteiger partial charge in [-0.15, -0.1) is 0 Å². The highest BCUT2D eigenvalue weighted by Crippen LogP contribution is 2.32. The summed E-state index contributed by atoms with van der Waals surface area (Å²) >= 11 is 0. The lowest BCUT2D eigenvalue weighted by Crippen LogP contribution is -2.53. The number of nitrogens with one attached hydrogen (secondary N) is 2. The van der Waals surface area contributed by atoms with E-state index in [1.807, 2.05) is 21.9 Å². The molecule has 0 spiro atoms. The first-order valence-electron chi connectivity index (χ1n) is 21.2. The van der Waals surface area contributed by atoms with Crippen molar-refractivity contribution in [3.8, 4) is 0 Å². The van der Waals surface area contributed by atoms with E-state index in [9.17, 15) is 28.8 Å². The summed E-state index contributed by atoms with van der Waals surface area (Å²) in [5, 5.41) is 5.63.